The van der Waals surface area contributed by atoms with Gasteiger partial charge in [-0.25, -0.2) is 4.39 Å². The molecule has 1 aliphatic rings. The Kier molecular flexibility index (Phi) is 8.47. The molecule has 1 atom stereocenters. The van der Waals surface area contributed by atoms with E-state index in [4.69, 9.17) is 11.6 Å². The van der Waals surface area contributed by atoms with Gasteiger partial charge in [0.25, 0.3) is 0 Å². The summed E-state index contributed by atoms with van der Waals surface area (Å²) in [6.45, 7) is 2.15. The first-order valence-corrected chi connectivity index (χ1v) is 11.5. The molecule has 1 N–H and O–H groups in total. The van der Waals surface area contributed by atoms with E-state index in [2.05, 4.69) is 5.32 Å². The van der Waals surface area contributed by atoms with Crippen molar-refractivity contribution >= 4 is 23.4 Å². The summed E-state index contributed by atoms with van der Waals surface area (Å²) in [5, 5.41) is 3.10. The fourth-order valence-electron chi connectivity index (χ4n) is 4.14. The standard InChI is InChI=1S/C25H30ClFN2O2/c1-18-12-14-19(15-13-18)17-29(23(30)16-26)24(21-10-6-7-11-22(21)27)25(31)28-20-8-4-2-3-5-9-20/h6-7,10-15,20,24H,2-5,8-9,16-17H2,1H3,(H,28,31)/t24-/m1/s1. The second-order valence-electron chi connectivity index (χ2n) is 8.26. The summed E-state index contributed by atoms with van der Waals surface area (Å²) in [6, 6.07) is 12.8. The van der Waals surface area contributed by atoms with Gasteiger partial charge in [0.05, 0.1) is 0 Å². The third-order valence-electron chi connectivity index (χ3n) is 5.87. The van der Waals surface area contributed by atoms with E-state index in [1.165, 1.54) is 11.0 Å². The lowest BCUT2D eigenvalue weighted by Crippen LogP contribution is -2.47. The molecule has 166 valence electrons. The highest BCUT2D eigenvalue weighted by Crippen LogP contribution is 2.27. The Bertz CT molecular complexity index is 879. The van der Waals surface area contributed by atoms with Gasteiger partial charge in [0.2, 0.25) is 11.8 Å². The molecule has 0 bridgehead atoms. The first kappa shape index (κ1) is 23.3. The first-order chi connectivity index (χ1) is 15.0. The molecule has 1 fully saturated rings. The molecule has 0 aliphatic heterocycles. The van der Waals surface area contributed by atoms with Gasteiger partial charge in [0, 0.05) is 18.2 Å². The highest BCUT2D eigenvalue weighted by molar-refractivity contribution is 6.27. The summed E-state index contributed by atoms with van der Waals surface area (Å²) in [6.07, 6.45) is 6.24. The molecule has 1 aliphatic carbocycles. The van der Waals surface area contributed by atoms with E-state index < -0.39 is 17.8 Å². The number of hydrogen-bond donors (Lipinski definition) is 1. The number of hydrogen-bond acceptors (Lipinski definition) is 2. The molecule has 0 heterocycles. The molecule has 0 saturated heterocycles. The maximum absolute atomic E-state index is 14.8. The molecule has 0 radical (unpaired) electrons. The molecular weight excluding hydrogens is 415 g/mol. The van der Waals surface area contributed by atoms with Crippen LogP contribution in [0.1, 0.15) is 61.3 Å². The molecule has 3 rings (SSSR count). The van der Waals surface area contributed by atoms with Gasteiger partial charge in [-0.1, -0.05) is 73.7 Å². The van der Waals surface area contributed by atoms with Crippen molar-refractivity contribution in [3.63, 3.8) is 0 Å². The Morgan fingerprint density at radius 1 is 1.06 bits per heavy atom. The van der Waals surface area contributed by atoms with Crippen molar-refractivity contribution in [1.29, 1.82) is 0 Å². The number of nitrogens with zero attached hydrogens (tertiary/aromatic N) is 1. The highest BCUT2D eigenvalue weighted by atomic mass is 35.5. The van der Waals surface area contributed by atoms with Crippen LogP contribution in [0.3, 0.4) is 0 Å². The molecule has 2 aromatic carbocycles. The Morgan fingerprint density at radius 3 is 2.32 bits per heavy atom. The van der Waals surface area contributed by atoms with Gasteiger partial charge in [-0.3, -0.25) is 9.59 Å². The van der Waals surface area contributed by atoms with Crippen molar-refractivity contribution in [3.05, 3.63) is 71.0 Å². The molecule has 0 aromatic heterocycles. The van der Waals surface area contributed by atoms with E-state index in [1.54, 1.807) is 18.2 Å². The molecule has 0 unspecified atom stereocenters. The number of alkyl halides is 1. The third-order valence-corrected chi connectivity index (χ3v) is 6.10. The predicted molar refractivity (Wildman–Crippen MR) is 121 cm³/mol. The van der Waals surface area contributed by atoms with Gasteiger partial charge in [-0.2, -0.15) is 0 Å². The number of aryl methyl sites for hydroxylation is 1. The second-order valence-corrected chi connectivity index (χ2v) is 8.53. The molecule has 0 spiro atoms. The van der Waals surface area contributed by atoms with Crippen molar-refractivity contribution in [2.75, 3.05) is 5.88 Å². The minimum Gasteiger partial charge on any atom is -0.351 e. The van der Waals surface area contributed by atoms with Crippen LogP contribution in [0, 0.1) is 12.7 Å². The summed E-state index contributed by atoms with van der Waals surface area (Å²) >= 11 is 5.91. The lowest BCUT2D eigenvalue weighted by atomic mass is 10.0. The zero-order valence-electron chi connectivity index (χ0n) is 17.9. The summed E-state index contributed by atoms with van der Waals surface area (Å²) in [5.41, 5.74) is 2.13. The van der Waals surface area contributed by atoms with E-state index in [0.29, 0.717) is 0 Å². The second kappa shape index (κ2) is 11.3. The fraction of sp³-hybridized carbons (Fsp3) is 0.440. The molecule has 31 heavy (non-hydrogen) atoms. The number of carbonyl (C=O) groups excluding carboxylic acids is 2. The fourth-order valence-corrected chi connectivity index (χ4v) is 4.30. The Morgan fingerprint density at radius 2 is 1.71 bits per heavy atom. The maximum atomic E-state index is 14.8. The van der Waals surface area contributed by atoms with Gasteiger partial charge >= 0.3 is 0 Å². The van der Waals surface area contributed by atoms with Crippen LogP contribution < -0.4 is 5.32 Å². The molecule has 1 saturated carbocycles. The van der Waals surface area contributed by atoms with Crippen LogP contribution in [0.4, 0.5) is 4.39 Å². The smallest absolute Gasteiger partial charge is 0.247 e. The zero-order valence-corrected chi connectivity index (χ0v) is 18.7. The number of halogens is 2. The van der Waals surface area contributed by atoms with Gasteiger partial charge < -0.3 is 10.2 Å². The van der Waals surface area contributed by atoms with E-state index in [9.17, 15) is 14.0 Å². The topological polar surface area (TPSA) is 49.4 Å². The van der Waals surface area contributed by atoms with E-state index in [0.717, 1.165) is 49.7 Å². The molecular formula is C25H30ClFN2O2. The maximum Gasteiger partial charge on any atom is 0.247 e. The summed E-state index contributed by atoms with van der Waals surface area (Å²) < 4.78 is 14.8. The van der Waals surface area contributed by atoms with Crippen LogP contribution in [0.2, 0.25) is 0 Å². The third kappa shape index (κ3) is 6.30. The quantitative estimate of drug-likeness (QED) is 0.466. The van der Waals surface area contributed by atoms with E-state index >= 15 is 0 Å². The van der Waals surface area contributed by atoms with Crippen molar-refractivity contribution in [2.24, 2.45) is 0 Å². The van der Waals surface area contributed by atoms with E-state index in [-0.39, 0.29) is 29.9 Å². The molecule has 4 nitrogen and oxygen atoms in total. The normalized spacial score (nSPS) is 15.7. The molecule has 2 amide bonds. The van der Waals surface area contributed by atoms with Gasteiger partial charge in [0.1, 0.15) is 17.7 Å². The average molecular weight is 445 g/mol. The minimum atomic E-state index is -1.09. The Balaban J connectivity index is 1.94. The number of benzene rings is 2. The summed E-state index contributed by atoms with van der Waals surface area (Å²) in [4.78, 5) is 27.7. The Labute approximate surface area is 188 Å². The van der Waals surface area contributed by atoms with Gasteiger partial charge in [0.15, 0.2) is 0 Å². The van der Waals surface area contributed by atoms with Crippen LogP contribution in [-0.4, -0.2) is 28.6 Å². The van der Waals surface area contributed by atoms with E-state index in [1.807, 2.05) is 31.2 Å². The molecule has 2 aromatic rings. The van der Waals surface area contributed by atoms with Crippen molar-refractivity contribution in [2.45, 2.75) is 64.1 Å². The van der Waals surface area contributed by atoms with Crippen molar-refractivity contribution < 1.29 is 14.0 Å². The summed E-state index contributed by atoms with van der Waals surface area (Å²) in [5.74, 6) is -1.57. The SMILES string of the molecule is Cc1ccc(CN(C(=O)CCl)[C@@H](C(=O)NC2CCCCCC2)c2ccccc2F)cc1. The van der Waals surface area contributed by atoms with Gasteiger partial charge in [-0.05, 0) is 31.4 Å². The largest absolute Gasteiger partial charge is 0.351 e. The van der Waals surface area contributed by atoms with Crippen molar-refractivity contribution in [3.8, 4) is 0 Å². The highest BCUT2D eigenvalue weighted by Gasteiger charge is 2.34. The first-order valence-electron chi connectivity index (χ1n) is 11.0. The van der Waals surface area contributed by atoms with Crippen LogP contribution in [-0.2, 0) is 16.1 Å². The lowest BCUT2D eigenvalue weighted by Gasteiger charge is -2.32. The predicted octanol–water partition coefficient (Wildman–Crippen LogP) is 5.28. The van der Waals surface area contributed by atoms with Crippen LogP contribution in [0.5, 0.6) is 0 Å². The average Bonchev–Trinajstić information content (AvgIpc) is 3.04. The lowest BCUT2D eigenvalue weighted by molar-refractivity contribution is -0.140. The summed E-state index contributed by atoms with van der Waals surface area (Å²) in [7, 11) is 0. The number of rotatable bonds is 7. The van der Waals surface area contributed by atoms with Crippen LogP contribution >= 0.6 is 11.6 Å². The number of nitrogens with one attached hydrogen (secondary N) is 1. The number of amides is 2. The monoisotopic (exact) mass is 444 g/mol. The minimum absolute atomic E-state index is 0.0385. The Hall–Kier alpha value is -2.40. The zero-order chi connectivity index (χ0) is 22.2. The van der Waals surface area contributed by atoms with Crippen LogP contribution in [0.15, 0.2) is 48.5 Å². The van der Waals surface area contributed by atoms with Crippen LogP contribution in [0.25, 0.3) is 0 Å². The van der Waals surface area contributed by atoms with Crippen molar-refractivity contribution in [1.82, 2.24) is 10.2 Å². The van der Waals surface area contributed by atoms with Gasteiger partial charge in [-0.15, -0.1) is 11.6 Å². The number of carbonyl (C=O) groups is 2. The molecule has 6 heteroatoms.